The summed E-state index contributed by atoms with van der Waals surface area (Å²) in [6, 6.07) is 8.62. The molecule has 0 aromatic heterocycles. The predicted molar refractivity (Wildman–Crippen MR) is 140 cm³/mol. The van der Waals surface area contributed by atoms with Gasteiger partial charge in [-0.25, -0.2) is 0 Å². The van der Waals surface area contributed by atoms with Gasteiger partial charge < -0.3 is 4.74 Å². The number of fused-ring (bicyclic) bond motifs is 5. The number of nitrogens with zero attached hydrogens (tertiary/aromatic N) is 2. The first-order valence-corrected chi connectivity index (χ1v) is 14.2. The molecule has 4 saturated carbocycles. The monoisotopic (exact) mass is 526 g/mol. The number of hydrogen-bond donors (Lipinski definition) is 0. The zero-order valence-corrected chi connectivity index (χ0v) is 22.8. The quantitative estimate of drug-likeness (QED) is 0.390. The maximum atomic E-state index is 13.2. The van der Waals surface area contributed by atoms with Crippen LogP contribution in [-0.4, -0.2) is 24.8 Å². The summed E-state index contributed by atoms with van der Waals surface area (Å²) in [6.07, 6.45) is 9.59. The Morgan fingerprint density at radius 3 is 2.56 bits per heavy atom. The molecule has 0 N–H and O–H groups in total. The summed E-state index contributed by atoms with van der Waals surface area (Å²) in [5.41, 5.74) is 3.11. The van der Waals surface area contributed by atoms with Crippen LogP contribution in [0.4, 0.5) is 5.69 Å². The smallest absolute Gasteiger partial charge is 0.312 e. The summed E-state index contributed by atoms with van der Waals surface area (Å²) in [5, 5.41) is 7.60. The number of benzene rings is 1. The molecular formula is C29H39BrN2O2. The number of carbonyl (C=O) groups excluding carboxylic acids is 1. The first-order chi connectivity index (χ1) is 16.2. The molecule has 1 aromatic carbocycles. The third-order valence-electron chi connectivity index (χ3n) is 11.2. The molecule has 0 radical (unpaired) electrons. The maximum Gasteiger partial charge on any atom is 0.312 e. The molecule has 184 valence electrons. The molecule has 34 heavy (non-hydrogen) atoms. The molecule has 0 unspecified atom stereocenters. The Bertz CT molecular complexity index is 1040. The highest BCUT2D eigenvalue weighted by molar-refractivity contribution is 9.10. The fourth-order valence-corrected chi connectivity index (χ4v) is 10.2. The van der Waals surface area contributed by atoms with Crippen LogP contribution in [-0.2, 0) is 9.53 Å². The van der Waals surface area contributed by atoms with Crippen molar-refractivity contribution in [1.82, 2.24) is 0 Å². The van der Waals surface area contributed by atoms with E-state index in [1.54, 1.807) is 0 Å². The molecule has 2 bridgehead atoms. The van der Waals surface area contributed by atoms with Gasteiger partial charge >= 0.3 is 5.97 Å². The summed E-state index contributed by atoms with van der Waals surface area (Å²) in [4.78, 5) is 13.2. The number of hydrogen-bond acceptors (Lipinski definition) is 4. The van der Waals surface area contributed by atoms with E-state index in [1.165, 1.54) is 43.5 Å². The van der Waals surface area contributed by atoms with E-state index in [0.717, 1.165) is 30.3 Å². The zero-order valence-electron chi connectivity index (χ0n) is 21.2. The highest BCUT2D eigenvalue weighted by Gasteiger charge is 2.71. The van der Waals surface area contributed by atoms with Crippen LogP contribution in [0.2, 0.25) is 0 Å². The van der Waals surface area contributed by atoms with Gasteiger partial charge in [-0.1, -0.05) is 36.2 Å². The molecule has 7 atom stereocenters. The summed E-state index contributed by atoms with van der Waals surface area (Å²) >= 11 is 3.58. The molecule has 4 fully saturated rings. The number of rotatable bonds is 3. The van der Waals surface area contributed by atoms with Crippen molar-refractivity contribution < 1.29 is 9.53 Å². The van der Waals surface area contributed by atoms with Crippen LogP contribution in [0.15, 0.2) is 33.8 Å². The second kappa shape index (κ2) is 7.57. The van der Waals surface area contributed by atoms with E-state index in [1.807, 2.05) is 6.92 Å². The van der Waals surface area contributed by atoms with Gasteiger partial charge in [-0.2, -0.15) is 5.10 Å². The van der Waals surface area contributed by atoms with Crippen molar-refractivity contribution in [3.05, 3.63) is 28.7 Å². The standard InChI is InChI=1S/C29H39BrN2O2/c1-5-34-25(33)28(4)14-6-13-27(3)22(28)12-16-29-18-26(2,15-11-23(27)29)24-21(29)17-32(31-24)20-9-7-19(30)8-10-20/h7-10,21-23H,5-6,11-18H2,1-4H3/t21-,22+,23+,26+,27-,28-,29-/m1/s1. The molecule has 1 aromatic rings. The number of esters is 1. The minimum atomic E-state index is -0.333. The average Bonchev–Trinajstić information content (AvgIpc) is 3.32. The number of hydrazone groups is 1. The van der Waals surface area contributed by atoms with Crippen LogP contribution in [0, 0.1) is 39.4 Å². The number of anilines is 1. The van der Waals surface area contributed by atoms with Crippen molar-refractivity contribution in [1.29, 1.82) is 0 Å². The van der Waals surface area contributed by atoms with Gasteiger partial charge in [0.25, 0.3) is 0 Å². The lowest BCUT2D eigenvalue weighted by Crippen LogP contribution is -2.60. The molecule has 1 aliphatic heterocycles. The van der Waals surface area contributed by atoms with Crippen LogP contribution in [0.5, 0.6) is 0 Å². The largest absolute Gasteiger partial charge is 0.466 e. The Kier molecular flexibility index (Phi) is 5.14. The predicted octanol–water partition coefficient (Wildman–Crippen LogP) is 7.22. The fourth-order valence-electron chi connectivity index (χ4n) is 9.90. The van der Waals surface area contributed by atoms with E-state index >= 15 is 0 Å². The Hall–Kier alpha value is -1.36. The molecule has 0 saturated heterocycles. The van der Waals surface area contributed by atoms with Crippen LogP contribution in [0.25, 0.3) is 0 Å². The lowest BCUT2D eigenvalue weighted by atomic mass is 9.39. The summed E-state index contributed by atoms with van der Waals surface area (Å²) in [5.74, 6) is 1.70. The van der Waals surface area contributed by atoms with Crippen molar-refractivity contribution >= 4 is 33.3 Å². The minimum Gasteiger partial charge on any atom is -0.466 e. The van der Waals surface area contributed by atoms with Crippen molar-refractivity contribution in [2.75, 3.05) is 18.2 Å². The van der Waals surface area contributed by atoms with E-state index in [4.69, 9.17) is 9.84 Å². The Morgan fingerprint density at radius 2 is 1.82 bits per heavy atom. The van der Waals surface area contributed by atoms with E-state index in [-0.39, 0.29) is 22.2 Å². The molecule has 5 aliphatic rings. The molecule has 5 heteroatoms. The molecule has 0 amide bonds. The van der Waals surface area contributed by atoms with Gasteiger partial charge in [0.1, 0.15) is 0 Å². The van der Waals surface area contributed by atoms with Gasteiger partial charge in [0.05, 0.1) is 24.3 Å². The van der Waals surface area contributed by atoms with E-state index < -0.39 is 0 Å². The highest BCUT2D eigenvalue weighted by Crippen LogP contribution is 2.75. The van der Waals surface area contributed by atoms with Gasteiger partial charge in [0.15, 0.2) is 0 Å². The van der Waals surface area contributed by atoms with Gasteiger partial charge in [0.2, 0.25) is 0 Å². The van der Waals surface area contributed by atoms with E-state index in [9.17, 15) is 4.79 Å². The molecule has 4 nitrogen and oxygen atoms in total. The van der Waals surface area contributed by atoms with Crippen molar-refractivity contribution in [3.63, 3.8) is 0 Å². The normalized spacial score (nSPS) is 44.7. The summed E-state index contributed by atoms with van der Waals surface area (Å²) < 4.78 is 6.77. The third-order valence-corrected chi connectivity index (χ3v) is 11.7. The molecule has 6 rings (SSSR count). The second-order valence-corrected chi connectivity index (χ2v) is 13.7. The van der Waals surface area contributed by atoms with Gasteiger partial charge in [0, 0.05) is 21.5 Å². The molecule has 1 heterocycles. The number of ether oxygens (including phenoxy) is 1. The van der Waals surface area contributed by atoms with Crippen molar-refractivity contribution in [2.45, 2.75) is 79.1 Å². The highest BCUT2D eigenvalue weighted by atomic mass is 79.9. The minimum absolute atomic E-state index is 0.0541. The second-order valence-electron chi connectivity index (χ2n) is 12.7. The Balaban J connectivity index is 1.36. The van der Waals surface area contributed by atoms with Gasteiger partial charge in [-0.3, -0.25) is 9.80 Å². The maximum absolute atomic E-state index is 13.2. The Labute approximate surface area is 213 Å². The van der Waals surface area contributed by atoms with Crippen LogP contribution >= 0.6 is 15.9 Å². The Morgan fingerprint density at radius 1 is 1.09 bits per heavy atom. The lowest BCUT2D eigenvalue weighted by molar-refractivity contribution is -0.191. The average molecular weight is 528 g/mol. The van der Waals surface area contributed by atoms with E-state index in [0.29, 0.717) is 29.8 Å². The van der Waals surface area contributed by atoms with Crippen LogP contribution in [0.3, 0.4) is 0 Å². The van der Waals surface area contributed by atoms with Crippen molar-refractivity contribution in [2.24, 2.45) is 44.5 Å². The number of halogens is 1. The SMILES string of the molecule is CCOC(=O)[C@]1(C)CCC[C@@]2(C)[C@@H]3CC[C@@]4(C)C[C@]3(CC[C@@H]21)[C@@H]1CN(c2ccc(Br)cc2)N=C14. The van der Waals surface area contributed by atoms with Gasteiger partial charge in [-0.05, 0) is 106 Å². The summed E-state index contributed by atoms with van der Waals surface area (Å²) in [7, 11) is 0. The van der Waals surface area contributed by atoms with E-state index in [2.05, 4.69) is 66.0 Å². The van der Waals surface area contributed by atoms with Crippen LogP contribution in [0.1, 0.15) is 79.1 Å². The van der Waals surface area contributed by atoms with Crippen molar-refractivity contribution in [3.8, 4) is 0 Å². The lowest BCUT2D eigenvalue weighted by Gasteiger charge is -2.64. The third kappa shape index (κ3) is 2.94. The molecule has 4 aliphatic carbocycles. The van der Waals surface area contributed by atoms with Gasteiger partial charge in [-0.15, -0.1) is 0 Å². The number of carbonyl (C=O) groups is 1. The fraction of sp³-hybridized carbons (Fsp3) is 0.724. The topological polar surface area (TPSA) is 41.9 Å². The first kappa shape index (κ1) is 23.1. The summed E-state index contributed by atoms with van der Waals surface area (Å²) in [6.45, 7) is 10.7. The first-order valence-electron chi connectivity index (χ1n) is 13.5. The molecular weight excluding hydrogens is 488 g/mol. The molecule has 1 spiro atoms. The zero-order chi connectivity index (χ0) is 23.9. The van der Waals surface area contributed by atoms with Crippen LogP contribution < -0.4 is 5.01 Å².